The number of rotatable bonds is 1. The van der Waals surface area contributed by atoms with Gasteiger partial charge in [-0.15, -0.1) is 0 Å². The Bertz CT molecular complexity index is 991. The number of nitrogens with one attached hydrogen (secondary N) is 3. The number of carbonyl (C=O) groups excluding carboxylic acids is 2. The van der Waals surface area contributed by atoms with Crippen molar-refractivity contribution in [2.45, 2.75) is 44.7 Å². The summed E-state index contributed by atoms with van der Waals surface area (Å²) < 4.78 is 0. The molecule has 7 nitrogen and oxygen atoms in total. The molecule has 0 bridgehead atoms. The Kier molecular flexibility index (Phi) is 3.82. The van der Waals surface area contributed by atoms with Gasteiger partial charge in [0, 0.05) is 30.1 Å². The number of H-pyrrole nitrogens is 1. The van der Waals surface area contributed by atoms with Crippen LogP contribution in [-0.4, -0.2) is 45.7 Å². The zero-order valence-electron chi connectivity index (χ0n) is 17.1. The van der Waals surface area contributed by atoms with Gasteiger partial charge in [0.05, 0.1) is 11.3 Å². The lowest BCUT2D eigenvalue weighted by atomic mass is 9.89. The second-order valence-electron chi connectivity index (χ2n) is 9.63. The van der Waals surface area contributed by atoms with E-state index in [9.17, 15) is 9.59 Å². The molecule has 3 aliphatic rings. The van der Waals surface area contributed by atoms with Crippen LogP contribution >= 0.6 is 0 Å². The fourth-order valence-electron chi connectivity index (χ4n) is 5.11. The molecule has 2 amide bonds. The van der Waals surface area contributed by atoms with E-state index in [1.165, 1.54) is 0 Å². The Labute approximate surface area is 170 Å². The van der Waals surface area contributed by atoms with E-state index in [0.29, 0.717) is 30.3 Å². The first-order chi connectivity index (χ1) is 13.8. The Balaban J connectivity index is 1.37. The van der Waals surface area contributed by atoms with Gasteiger partial charge >= 0.3 is 0 Å². The van der Waals surface area contributed by atoms with Crippen molar-refractivity contribution >= 4 is 17.5 Å². The molecule has 7 heteroatoms. The van der Waals surface area contributed by atoms with Crippen molar-refractivity contribution in [1.82, 2.24) is 20.4 Å². The van der Waals surface area contributed by atoms with Crippen LogP contribution in [0.15, 0.2) is 30.3 Å². The maximum absolute atomic E-state index is 13.1. The number of benzene rings is 1. The van der Waals surface area contributed by atoms with Crippen molar-refractivity contribution in [3.8, 4) is 0 Å². The third-order valence-corrected chi connectivity index (χ3v) is 6.71. The van der Waals surface area contributed by atoms with Gasteiger partial charge in [-0.2, -0.15) is 5.10 Å². The van der Waals surface area contributed by atoms with E-state index in [4.69, 9.17) is 0 Å². The van der Waals surface area contributed by atoms with E-state index < -0.39 is 5.66 Å². The first-order valence-electron chi connectivity index (χ1n) is 10.3. The fourth-order valence-corrected chi connectivity index (χ4v) is 5.11. The number of aromatic amines is 1. The van der Waals surface area contributed by atoms with Gasteiger partial charge in [0.25, 0.3) is 11.8 Å². The number of likely N-dealkylation sites (tertiary alicyclic amines) is 1. The van der Waals surface area contributed by atoms with E-state index in [0.717, 1.165) is 24.2 Å². The summed E-state index contributed by atoms with van der Waals surface area (Å²) in [6.45, 7) is 7.58. The number of hydrogen-bond acceptors (Lipinski definition) is 4. The van der Waals surface area contributed by atoms with Gasteiger partial charge < -0.3 is 15.5 Å². The van der Waals surface area contributed by atoms with Crippen molar-refractivity contribution < 1.29 is 9.59 Å². The summed E-state index contributed by atoms with van der Waals surface area (Å²) in [4.78, 5) is 27.7. The lowest BCUT2D eigenvalue weighted by Crippen LogP contribution is -2.61. The highest BCUT2D eigenvalue weighted by molar-refractivity contribution is 6.02. The molecule has 1 aromatic carbocycles. The van der Waals surface area contributed by atoms with E-state index in [1.54, 1.807) is 0 Å². The second-order valence-corrected chi connectivity index (χ2v) is 9.63. The molecule has 1 aliphatic carbocycles. The highest BCUT2D eigenvalue weighted by Gasteiger charge is 2.55. The summed E-state index contributed by atoms with van der Waals surface area (Å²) in [5, 5.41) is 14.1. The third kappa shape index (κ3) is 2.82. The second kappa shape index (κ2) is 6.08. The molecule has 2 aromatic rings. The third-order valence-electron chi connectivity index (χ3n) is 6.71. The summed E-state index contributed by atoms with van der Waals surface area (Å²) in [6.07, 6.45) is 1.86. The summed E-state index contributed by atoms with van der Waals surface area (Å²) in [5.41, 5.74) is 2.40. The zero-order chi connectivity index (χ0) is 20.4. The SMILES string of the molecule is CC(C)(C)c1cc(C(=O)N2C[C@H]3CC[C@]4(NC(=O)c5ccccc5N4)[C@H]3C2)[nH]n1. The molecule has 152 valence electrons. The van der Waals surface area contributed by atoms with Gasteiger partial charge in [0.1, 0.15) is 11.4 Å². The van der Waals surface area contributed by atoms with Crippen LogP contribution in [0, 0.1) is 11.8 Å². The van der Waals surface area contributed by atoms with Crippen LogP contribution in [0.5, 0.6) is 0 Å². The molecule has 0 unspecified atom stereocenters. The Morgan fingerprint density at radius 2 is 2.00 bits per heavy atom. The molecule has 1 saturated heterocycles. The molecule has 29 heavy (non-hydrogen) atoms. The summed E-state index contributed by atoms with van der Waals surface area (Å²) in [5.74, 6) is 0.518. The van der Waals surface area contributed by atoms with E-state index in [-0.39, 0.29) is 23.1 Å². The smallest absolute Gasteiger partial charge is 0.271 e. The quantitative estimate of drug-likeness (QED) is 0.695. The average molecular weight is 393 g/mol. The van der Waals surface area contributed by atoms with Crippen LogP contribution < -0.4 is 10.6 Å². The first kappa shape index (κ1) is 18.2. The molecule has 3 N–H and O–H groups in total. The minimum Gasteiger partial charge on any atom is -0.362 e. The van der Waals surface area contributed by atoms with Gasteiger partial charge in [-0.3, -0.25) is 14.7 Å². The minimum absolute atomic E-state index is 0.0138. The number of aromatic nitrogens is 2. The van der Waals surface area contributed by atoms with Crippen LogP contribution in [0.25, 0.3) is 0 Å². The predicted molar refractivity (Wildman–Crippen MR) is 110 cm³/mol. The Morgan fingerprint density at radius 1 is 1.21 bits per heavy atom. The largest absolute Gasteiger partial charge is 0.362 e. The lowest BCUT2D eigenvalue weighted by molar-refractivity contribution is 0.0762. The minimum atomic E-state index is -0.476. The molecular formula is C22H27N5O2. The molecular weight excluding hydrogens is 366 g/mol. The number of hydrogen-bond donors (Lipinski definition) is 3. The van der Waals surface area contributed by atoms with Crippen LogP contribution in [-0.2, 0) is 5.41 Å². The Morgan fingerprint density at radius 3 is 2.76 bits per heavy atom. The molecule has 3 atom stereocenters. The number of fused-ring (bicyclic) bond motifs is 3. The molecule has 1 saturated carbocycles. The van der Waals surface area contributed by atoms with Crippen molar-refractivity contribution in [1.29, 1.82) is 0 Å². The van der Waals surface area contributed by atoms with Crippen molar-refractivity contribution in [3.63, 3.8) is 0 Å². The van der Waals surface area contributed by atoms with Crippen LogP contribution in [0.1, 0.15) is 60.2 Å². The molecule has 0 radical (unpaired) electrons. The van der Waals surface area contributed by atoms with E-state index >= 15 is 0 Å². The normalized spacial score (nSPS) is 28.1. The topological polar surface area (TPSA) is 90.1 Å². The number of anilines is 1. The van der Waals surface area contributed by atoms with E-state index in [2.05, 4.69) is 41.6 Å². The summed E-state index contributed by atoms with van der Waals surface area (Å²) >= 11 is 0. The molecule has 1 aromatic heterocycles. The maximum atomic E-state index is 13.1. The van der Waals surface area contributed by atoms with Crippen molar-refractivity contribution in [2.75, 3.05) is 18.4 Å². The van der Waals surface area contributed by atoms with Crippen LogP contribution in [0.2, 0.25) is 0 Å². The molecule has 1 spiro atoms. The summed E-state index contributed by atoms with van der Waals surface area (Å²) in [6, 6.07) is 9.48. The van der Waals surface area contributed by atoms with Gasteiger partial charge in [-0.05, 0) is 37.0 Å². The van der Waals surface area contributed by atoms with E-state index in [1.807, 2.05) is 35.2 Å². The number of carbonyl (C=O) groups is 2. The van der Waals surface area contributed by atoms with Gasteiger partial charge in [-0.25, -0.2) is 0 Å². The van der Waals surface area contributed by atoms with Crippen molar-refractivity contribution in [3.05, 3.63) is 47.3 Å². The monoisotopic (exact) mass is 393 g/mol. The molecule has 2 aliphatic heterocycles. The van der Waals surface area contributed by atoms with Crippen LogP contribution in [0.4, 0.5) is 5.69 Å². The van der Waals surface area contributed by atoms with Gasteiger partial charge in [0.15, 0.2) is 0 Å². The highest BCUT2D eigenvalue weighted by atomic mass is 16.2. The summed E-state index contributed by atoms with van der Waals surface area (Å²) in [7, 11) is 0. The lowest BCUT2D eigenvalue weighted by Gasteiger charge is -2.41. The number of nitrogens with zero attached hydrogens (tertiary/aromatic N) is 2. The van der Waals surface area contributed by atoms with Crippen molar-refractivity contribution in [2.24, 2.45) is 11.8 Å². The molecule has 3 heterocycles. The van der Waals surface area contributed by atoms with Crippen LogP contribution in [0.3, 0.4) is 0 Å². The number of para-hydroxylation sites is 1. The van der Waals surface area contributed by atoms with Gasteiger partial charge in [-0.1, -0.05) is 32.9 Å². The maximum Gasteiger partial charge on any atom is 0.271 e. The zero-order valence-corrected chi connectivity index (χ0v) is 17.1. The Hall–Kier alpha value is -2.83. The highest BCUT2D eigenvalue weighted by Crippen LogP contribution is 2.47. The van der Waals surface area contributed by atoms with Gasteiger partial charge in [0.2, 0.25) is 0 Å². The first-order valence-corrected chi connectivity index (χ1v) is 10.3. The number of amides is 2. The standard InChI is InChI=1S/C22H27N5O2/c1-21(2,3)18-10-17(25-26-18)20(29)27-11-13-8-9-22(15(13)12-27)23-16-7-5-4-6-14(16)19(28)24-22/h4-7,10,13,15,23H,8-9,11-12H2,1-3H3,(H,24,28)(H,25,26)/t13-,15+,22+/m1/s1. The average Bonchev–Trinajstić information content (AvgIpc) is 3.38. The molecule has 5 rings (SSSR count). The molecule has 2 fully saturated rings. The predicted octanol–water partition coefficient (Wildman–Crippen LogP) is 2.74. The fraction of sp³-hybridized carbons (Fsp3) is 0.500.